The number of benzene rings is 2. The number of halogens is 1. The second-order valence-electron chi connectivity index (χ2n) is 6.22. The predicted octanol–water partition coefficient (Wildman–Crippen LogP) is 4.19. The SMILES string of the molecule is CC(C)Oc1ccc2c(=O)n(CC(=O)Nc3ccc(Br)cc3)ccc2c1. The summed E-state index contributed by atoms with van der Waals surface area (Å²) in [5.74, 6) is 0.464. The van der Waals surface area contributed by atoms with Crippen LogP contribution in [0.4, 0.5) is 5.69 Å². The fourth-order valence-corrected chi connectivity index (χ4v) is 2.89. The maximum atomic E-state index is 12.6. The quantitative estimate of drug-likeness (QED) is 0.680. The molecule has 5 nitrogen and oxygen atoms in total. The molecule has 1 heterocycles. The second-order valence-corrected chi connectivity index (χ2v) is 7.14. The Hall–Kier alpha value is -2.60. The van der Waals surface area contributed by atoms with Gasteiger partial charge in [-0.05, 0) is 67.8 Å². The number of rotatable bonds is 5. The van der Waals surface area contributed by atoms with Crippen molar-refractivity contribution in [1.29, 1.82) is 0 Å². The van der Waals surface area contributed by atoms with Gasteiger partial charge in [-0.3, -0.25) is 9.59 Å². The van der Waals surface area contributed by atoms with Crippen molar-refractivity contribution in [2.45, 2.75) is 26.5 Å². The standard InChI is InChI=1S/C20H19BrN2O3/c1-13(2)26-17-7-8-18-14(11-17)9-10-23(20(18)25)12-19(24)22-16-5-3-15(21)4-6-16/h3-11,13H,12H2,1-2H3,(H,22,24). The van der Waals surface area contributed by atoms with Crippen LogP contribution < -0.4 is 15.6 Å². The minimum absolute atomic E-state index is 0.0465. The summed E-state index contributed by atoms with van der Waals surface area (Å²) in [6.45, 7) is 3.85. The van der Waals surface area contributed by atoms with E-state index in [0.29, 0.717) is 11.1 Å². The zero-order chi connectivity index (χ0) is 18.7. The number of carbonyl (C=O) groups is 1. The van der Waals surface area contributed by atoms with Gasteiger partial charge >= 0.3 is 0 Å². The molecular formula is C20H19BrN2O3. The van der Waals surface area contributed by atoms with E-state index in [-0.39, 0.29) is 24.1 Å². The number of carbonyl (C=O) groups excluding carboxylic acids is 1. The molecule has 0 aliphatic heterocycles. The number of hydrogen-bond donors (Lipinski definition) is 1. The maximum Gasteiger partial charge on any atom is 0.258 e. The third-order valence-electron chi connectivity index (χ3n) is 3.76. The largest absolute Gasteiger partial charge is 0.491 e. The van der Waals surface area contributed by atoms with E-state index in [1.165, 1.54) is 4.57 Å². The van der Waals surface area contributed by atoms with E-state index in [1.807, 2.05) is 38.1 Å². The average Bonchev–Trinajstić information content (AvgIpc) is 2.59. The Bertz CT molecular complexity index is 994. The smallest absolute Gasteiger partial charge is 0.258 e. The summed E-state index contributed by atoms with van der Waals surface area (Å²) in [7, 11) is 0. The second kappa shape index (κ2) is 7.74. The van der Waals surface area contributed by atoms with Crippen molar-refractivity contribution >= 4 is 38.3 Å². The highest BCUT2D eigenvalue weighted by molar-refractivity contribution is 9.10. The summed E-state index contributed by atoms with van der Waals surface area (Å²) >= 11 is 3.35. The minimum atomic E-state index is -0.256. The van der Waals surface area contributed by atoms with Crippen LogP contribution in [-0.2, 0) is 11.3 Å². The Morgan fingerprint density at radius 2 is 1.88 bits per heavy atom. The summed E-state index contributed by atoms with van der Waals surface area (Å²) < 4.78 is 7.99. The number of aromatic nitrogens is 1. The highest BCUT2D eigenvalue weighted by atomic mass is 79.9. The number of nitrogens with zero attached hydrogens (tertiary/aromatic N) is 1. The first-order chi connectivity index (χ1) is 12.4. The van der Waals surface area contributed by atoms with Gasteiger partial charge in [-0.15, -0.1) is 0 Å². The van der Waals surface area contributed by atoms with Gasteiger partial charge in [-0.1, -0.05) is 15.9 Å². The van der Waals surface area contributed by atoms with Gasteiger partial charge in [0.1, 0.15) is 12.3 Å². The molecule has 1 amide bonds. The Morgan fingerprint density at radius 3 is 2.58 bits per heavy atom. The van der Waals surface area contributed by atoms with E-state index in [0.717, 1.165) is 15.6 Å². The molecule has 0 aliphatic carbocycles. The topological polar surface area (TPSA) is 60.3 Å². The molecule has 0 aliphatic rings. The average molecular weight is 415 g/mol. The van der Waals surface area contributed by atoms with Crippen LogP contribution in [0.5, 0.6) is 5.75 Å². The summed E-state index contributed by atoms with van der Waals surface area (Å²) in [6, 6.07) is 14.4. The minimum Gasteiger partial charge on any atom is -0.491 e. The molecule has 1 N–H and O–H groups in total. The number of pyridine rings is 1. The van der Waals surface area contributed by atoms with Crippen molar-refractivity contribution in [2.75, 3.05) is 5.32 Å². The molecule has 26 heavy (non-hydrogen) atoms. The molecule has 0 saturated carbocycles. The molecule has 0 spiro atoms. The van der Waals surface area contributed by atoms with Crippen LogP contribution in [0.3, 0.4) is 0 Å². The molecule has 0 saturated heterocycles. The monoisotopic (exact) mass is 414 g/mol. The predicted molar refractivity (Wildman–Crippen MR) is 107 cm³/mol. The zero-order valence-electron chi connectivity index (χ0n) is 14.5. The molecule has 3 rings (SSSR count). The number of hydrogen-bond acceptors (Lipinski definition) is 3. The Morgan fingerprint density at radius 1 is 1.15 bits per heavy atom. The van der Waals surface area contributed by atoms with Crippen molar-refractivity contribution in [2.24, 2.45) is 0 Å². The van der Waals surface area contributed by atoms with E-state index in [4.69, 9.17) is 4.74 Å². The lowest BCUT2D eigenvalue weighted by atomic mass is 10.1. The van der Waals surface area contributed by atoms with Gasteiger partial charge in [0.05, 0.1) is 6.10 Å². The lowest BCUT2D eigenvalue weighted by Gasteiger charge is -2.11. The van der Waals surface area contributed by atoms with Gasteiger partial charge in [0.25, 0.3) is 5.56 Å². The number of fused-ring (bicyclic) bond motifs is 1. The number of ether oxygens (including phenoxy) is 1. The van der Waals surface area contributed by atoms with Crippen LogP contribution in [0.25, 0.3) is 10.8 Å². The number of nitrogens with one attached hydrogen (secondary N) is 1. The molecule has 0 radical (unpaired) electrons. The van der Waals surface area contributed by atoms with Gasteiger partial charge in [0.2, 0.25) is 5.91 Å². The van der Waals surface area contributed by atoms with Crippen molar-refractivity contribution in [3.63, 3.8) is 0 Å². The molecule has 0 atom stereocenters. The molecule has 0 bridgehead atoms. The van der Waals surface area contributed by atoms with Gasteiger partial charge in [-0.2, -0.15) is 0 Å². The van der Waals surface area contributed by atoms with Gasteiger partial charge in [0, 0.05) is 21.7 Å². The fourth-order valence-electron chi connectivity index (χ4n) is 2.62. The summed E-state index contributed by atoms with van der Waals surface area (Å²) in [6.07, 6.45) is 1.69. The van der Waals surface area contributed by atoms with Crippen LogP contribution in [0.2, 0.25) is 0 Å². The third kappa shape index (κ3) is 4.32. The summed E-state index contributed by atoms with van der Waals surface area (Å²) in [5, 5.41) is 4.13. The van der Waals surface area contributed by atoms with E-state index in [2.05, 4.69) is 21.2 Å². The van der Waals surface area contributed by atoms with Crippen LogP contribution in [0, 0.1) is 0 Å². The Kier molecular flexibility index (Phi) is 5.42. The summed E-state index contributed by atoms with van der Waals surface area (Å²) in [4.78, 5) is 24.9. The van der Waals surface area contributed by atoms with E-state index < -0.39 is 0 Å². The van der Waals surface area contributed by atoms with Crippen molar-refractivity contribution < 1.29 is 9.53 Å². The van der Waals surface area contributed by atoms with Crippen molar-refractivity contribution in [3.8, 4) is 5.75 Å². The highest BCUT2D eigenvalue weighted by Crippen LogP contribution is 2.19. The molecule has 0 unspecified atom stereocenters. The first-order valence-electron chi connectivity index (χ1n) is 8.27. The molecule has 1 aromatic heterocycles. The normalized spacial score (nSPS) is 10.9. The van der Waals surface area contributed by atoms with Crippen LogP contribution in [0.1, 0.15) is 13.8 Å². The Labute approximate surface area is 159 Å². The van der Waals surface area contributed by atoms with Crippen LogP contribution in [0.15, 0.2) is 64.0 Å². The molecule has 6 heteroatoms. The maximum absolute atomic E-state index is 12.6. The van der Waals surface area contributed by atoms with E-state index in [1.54, 1.807) is 30.5 Å². The molecule has 0 fully saturated rings. The molecular weight excluding hydrogens is 396 g/mol. The Balaban J connectivity index is 1.79. The molecule has 2 aromatic carbocycles. The van der Waals surface area contributed by atoms with Crippen LogP contribution in [-0.4, -0.2) is 16.6 Å². The lowest BCUT2D eigenvalue weighted by molar-refractivity contribution is -0.116. The lowest BCUT2D eigenvalue weighted by Crippen LogP contribution is -2.27. The van der Waals surface area contributed by atoms with Gasteiger partial charge < -0.3 is 14.6 Å². The van der Waals surface area contributed by atoms with E-state index >= 15 is 0 Å². The third-order valence-corrected chi connectivity index (χ3v) is 4.29. The summed E-state index contributed by atoms with van der Waals surface area (Å²) in [5.41, 5.74) is 0.479. The van der Waals surface area contributed by atoms with Crippen molar-refractivity contribution in [1.82, 2.24) is 4.57 Å². The van der Waals surface area contributed by atoms with Crippen LogP contribution >= 0.6 is 15.9 Å². The first kappa shape index (κ1) is 18.2. The number of anilines is 1. The highest BCUT2D eigenvalue weighted by Gasteiger charge is 2.09. The van der Waals surface area contributed by atoms with Gasteiger partial charge in [-0.25, -0.2) is 0 Å². The zero-order valence-corrected chi connectivity index (χ0v) is 16.1. The first-order valence-corrected chi connectivity index (χ1v) is 9.07. The molecule has 3 aromatic rings. The number of amides is 1. The van der Waals surface area contributed by atoms with E-state index in [9.17, 15) is 9.59 Å². The fraction of sp³-hybridized carbons (Fsp3) is 0.200. The molecule has 134 valence electrons. The van der Waals surface area contributed by atoms with Gasteiger partial charge in [0.15, 0.2) is 0 Å². The van der Waals surface area contributed by atoms with Crippen molar-refractivity contribution in [3.05, 3.63) is 69.6 Å².